The fourth-order valence-electron chi connectivity index (χ4n) is 0. The predicted octanol–water partition coefficient (Wildman–Crippen LogP) is 0.359. The van der Waals surface area contributed by atoms with Gasteiger partial charge in [0.25, 0.3) is 23.9 Å². The fraction of sp³-hybridized carbons (Fsp3) is 0.500. The second kappa shape index (κ2) is 29.8. The Labute approximate surface area is 130 Å². The minimum absolute atomic E-state index is 0. The van der Waals surface area contributed by atoms with E-state index in [1.807, 2.05) is 0 Å². The molecule has 0 aromatic carbocycles. The first-order valence-corrected chi connectivity index (χ1v) is 3.71. The van der Waals surface area contributed by atoms with Gasteiger partial charge in [-0.3, -0.25) is 19.2 Å². The Morgan fingerprint density at radius 3 is 0.556 bits per heavy atom. The molecule has 0 rings (SSSR count). The monoisotopic (exact) mass is 366 g/mol. The second-order valence-corrected chi connectivity index (χ2v) is 2.08. The normalized spacial score (nSPS) is 5.56. The van der Waals surface area contributed by atoms with E-state index >= 15 is 0 Å². The molecular weight excluding hydrogens is 351 g/mol. The van der Waals surface area contributed by atoms with Crippen LogP contribution in [0, 0.1) is 0 Å². The number of hydrogen-bond acceptors (Lipinski definition) is 4. The molecule has 0 atom stereocenters. The summed E-state index contributed by atoms with van der Waals surface area (Å²) < 4.78 is 0. The minimum Gasteiger partial charge on any atom is -0.481 e. The van der Waals surface area contributed by atoms with Crippen molar-refractivity contribution in [1.82, 2.24) is 0 Å². The summed E-state index contributed by atoms with van der Waals surface area (Å²) in [6.45, 7) is 4.33. The van der Waals surface area contributed by atoms with E-state index in [0.29, 0.717) is 0 Å². The van der Waals surface area contributed by atoms with Crippen molar-refractivity contribution < 1.29 is 78.6 Å². The molecule has 0 unspecified atom stereocenters. The van der Waals surface area contributed by atoms with E-state index in [2.05, 4.69) is 0 Å². The van der Waals surface area contributed by atoms with E-state index in [1.54, 1.807) is 0 Å². The van der Waals surface area contributed by atoms with Crippen molar-refractivity contribution in [3.05, 3.63) is 0 Å². The molecule has 0 aliphatic heterocycles. The molecule has 0 aromatic heterocycles. The van der Waals surface area contributed by atoms with Crippen LogP contribution in [-0.4, -0.2) is 44.3 Å². The van der Waals surface area contributed by atoms with Crippen molar-refractivity contribution >= 4 is 23.9 Å². The zero-order valence-electron chi connectivity index (χ0n) is 10.8. The summed E-state index contributed by atoms with van der Waals surface area (Å²) in [5.41, 5.74) is 0. The summed E-state index contributed by atoms with van der Waals surface area (Å²) in [6, 6.07) is 0. The molecule has 0 aliphatic rings. The summed E-state index contributed by atoms with van der Waals surface area (Å²) in [6.07, 6.45) is 0. The number of aliphatic carboxylic acids is 4. The van der Waals surface area contributed by atoms with Gasteiger partial charge in [-0.05, 0) is 0 Å². The van der Waals surface area contributed by atoms with Crippen molar-refractivity contribution in [2.75, 3.05) is 0 Å². The van der Waals surface area contributed by atoms with Crippen molar-refractivity contribution in [3.63, 3.8) is 0 Å². The third-order valence-electron chi connectivity index (χ3n) is 0. The van der Waals surface area contributed by atoms with Gasteiger partial charge in [-0.15, -0.1) is 0 Å². The third-order valence-corrected chi connectivity index (χ3v) is 0. The Kier molecular flexibility index (Phi) is 59.6. The maximum absolute atomic E-state index is 9.00. The maximum Gasteiger partial charge on any atom is 0.300 e. The van der Waals surface area contributed by atoms with E-state index in [0.717, 1.165) is 27.7 Å². The van der Waals surface area contributed by atoms with Gasteiger partial charge < -0.3 is 20.4 Å². The summed E-state index contributed by atoms with van der Waals surface area (Å²) in [5, 5.41) is 29.7. The molecule has 0 spiro atoms. The average Bonchev–Trinajstić information content (AvgIpc) is 1.76. The number of carboxylic acid groups (broad SMARTS) is 4. The fourth-order valence-corrected chi connectivity index (χ4v) is 0. The minimum atomic E-state index is -0.833. The summed E-state index contributed by atoms with van der Waals surface area (Å²) in [5.74, 6) is -3.33. The molecule has 10 heteroatoms. The van der Waals surface area contributed by atoms with Crippen LogP contribution < -0.4 is 0 Å². The van der Waals surface area contributed by atoms with Gasteiger partial charge in [0.15, 0.2) is 0 Å². The van der Waals surface area contributed by atoms with Crippen molar-refractivity contribution in [1.29, 1.82) is 0 Å². The van der Waals surface area contributed by atoms with Gasteiger partial charge in [0.05, 0.1) is 0 Å². The van der Waals surface area contributed by atoms with Crippen LogP contribution in [-0.2, 0) is 58.1 Å². The Balaban J connectivity index is -0.0000000257. The van der Waals surface area contributed by atoms with Crippen LogP contribution in [0.4, 0.5) is 0 Å². The molecule has 100 valence electrons. The predicted molar refractivity (Wildman–Crippen MR) is 53.2 cm³/mol. The first-order valence-electron chi connectivity index (χ1n) is 3.71. The van der Waals surface area contributed by atoms with E-state index in [9.17, 15) is 0 Å². The molecule has 4 N–H and O–H groups in total. The van der Waals surface area contributed by atoms with Crippen LogP contribution in [0.25, 0.3) is 0 Å². The third kappa shape index (κ3) is 3960. The zero-order chi connectivity index (χ0) is 14.3. The van der Waals surface area contributed by atoms with Crippen LogP contribution in [0.2, 0.25) is 0 Å². The quantitative estimate of drug-likeness (QED) is 0.448. The standard InChI is InChI=1S/4C2H4O2.2Zn/c4*1-2(3)4;;/h4*1H3,(H,3,4);;/i;;;;1-3;. The van der Waals surface area contributed by atoms with Crippen LogP contribution >= 0.6 is 0 Å². The molecule has 0 aliphatic carbocycles. The molecule has 0 saturated carbocycles. The molecule has 18 heavy (non-hydrogen) atoms. The SMILES string of the molecule is CC(=O)O.CC(=O)O.CC(=O)O.CC(=O)O.[62Zn].[Zn]. The largest absolute Gasteiger partial charge is 0.481 e. The van der Waals surface area contributed by atoms with E-state index in [1.165, 1.54) is 0 Å². The van der Waals surface area contributed by atoms with Gasteiger partial charge >= 0.3 is 0 Å². The Bertz CT molecular complexity index is 165. The smallest absolute Gasteiger partial charge is 0.300 e. The van der Waals surface area contributed by atoms with Gasteiger partial charge in [-0.25, -0.2) is 0 Å². The molecule has 0 amide bonds. The van der Waals surface area contributed by atoms with E-state index in [4.69, 9.17) is 39.6 Å². The second-order valence-electron chi connectivity index (χ2n) is 2.08. The van der Waals surface area contributed by atoms with Gasteiger partial charge in [0.1, 0.15) is 0 Å². The first-order chi connectivity index (χ1) is 6.93. The van der Waals surface area contributed by atoms with Crippen LogP contribution in [0.1, 0.15) is 27.7 Å². The molecule has 0 bridgehead atoms. The number of carbonyl (C=O) groups is 4. The Morgan fingerprint density at radius 1 is 0.556 bits per heavy atom. The van der Waals surface area contributed by atoms with Crippen LogP contribution in [0.15, 0.2) is 0 Å². The van der Waals surface area contributed by atoms with Crippen LogP contribution in [0.3, 0.4) is 0 Å². The summed E-state index contributed by atoms with van der Waals surface area (Å²) in [4.78, 5) is 36.0. The van der Waals surface area contributed by atoms with Gasteiger partial charge in [0, 0.05) is 66.7 Å². The molecule has 0 saturated heterocycles. The van der Waals surface area contributed by atoms with Crippen molar-refractivity contribution in [3.8, 4) is 0 Å². The van der Waals surface area contributed by atoms with Crippen molar-refractivity contribution in [2.45, 2.75) is 27.7 Å². The summed E-state index contributed by atoms with van der Waals surface area (Å²) >= 11 is 0. The number of hydrogen-bond donors (Lipinski definition) is 4. The summed E-state index contributed by atoms with van der Waals surface area (Å²) in [7, 11) is 0. The number of rotatable bonds is 0. The molecule has 0 heterocycles. The Morgan fingerprint density at radius 2 is 0.556 bits per heavy atom. The zero-order valence-corrected chi connectivity index (χ0v) is 16.8. The van der Waals surface area contributed by atoms with E-state index < -0.39 is 23.9 Å². The maximum atomic E-state index is 9.00. The average molecular weight is 368 g/mol. The van der Waals surface area contributed by atoms with Gasteiger partial charge in [0.2, 0.25) is 0 Å². The number of carboxylic acids is 4. The van der Waals surface area contributed by atoms with Gasteiger partial charge in [-0.2, -0.15) is 0 Å². The van der Waals surface area contributed by atoms with Crippen molar-refractivity contribution in [2.24, 2.45) is 0 Å². The van der Waals surface area contributed by atoms with E-state index in [-0.39, 0.29) is 39.0 Å². The Hall–Kier alpha value is -0.873. The molecular formula is C8H16O8Zn2. The van der Waals surface area contributed by atoms with Gasteiger partial charge in [-0.1, -0.05) is 0 Å². The topological polar surface area (TPSA) is 149 Å². The molecule has 0 radical (unpaired) electrons. The molecule has 0 aromatic rings. The molecule has 8 nitrogen and oxygen atoms in total. The molecule has 0 fully saturated rings. The van der Waals surface area contributed by atoms with Crippen LogP contribution in [0.5, 0.6) is 0 Å². The first kappa shape index (κ1) is 36.0.